The molecule has 0 spiro atoms. The largest absolute Gasteiger partial charge is 0.497 e. The second-order valence-corrected chi connectivity index (χ2v) is 8.04. The highest BCUT2D eigenvalue weighted by Gasteiger charge is 2.09. The number of ether oxygens (including phenoxy) is 1. The van der Waals surface area contributed by atoms with E-state index in [1.807, 2.05) is 42.5 Å². The number of amides is 1. The van der Waals surface area contributed by atoms with Gasteiger partial charge in [-0.05, 0) is 48.0 Å². The molecule has 0 aliphatic carbocycles. The van der Waals surface area contributed by atoms with Crippen molar-refractivity contribution in [1.82, 2.24) is 0 Å². The van der Waals surface area contributed by atoms with E-state index in [0.717, 1.165) is 26.2 Å². The molecule has 0 saturated carbocycles. The summed E-state index contributed by atoms with van der Waals surface area (Å²) >= 11 is 13.8. The molecule has 0 aliphatic heterocycles. The molecule has 0 aliphatic rings. The molecule has 0 fully saturated rings. The minimum Gasteiger partial charge on any atom is -0.497 e. The number of nitrogens with one attached hydrogen (secondary N) is 2. The Balaban J connectivity index is 1.58. The van der Waals surface area contributed by atoms with Gasteiger partial charge in [0.1, 0.15) is 5.75 Å². The normalized spacial score (nSPS) is 10.5. The Bertz CT molecular complexity index is 943. The molecule has 4 nitrogen and oxygen atoms in total. The topological polar surface area (TPSA) is 50.4 Å². The third-order valence-electron chi connectivity index (χ3n) is 3.84. The van der Waals surface area contributed by atoms with Gasteiger partial charge in [0.05, 0.1) is 28.6 Å². The molecule has 0 saturated heterocycles. The van der Waals surface area contributed by atoms with E-state index in [1.54, 1.807) is 19.2 Å². The van der Waals surface area contributed by atoms with Crippen LogP contribution in [0.5, 0.6) is 5.75 Å². The van der Waals surface area contributed by atoms with Gasteiger partial charge in [-0.15, -0.1) is 11.3 Å². The van der Waals surface area contributed by atoms with E-state index in [4.69, 9.17) is 27.9 Å². The smallest absolute Gasteiger partial charge is 0.228 e. The predicted molar refractivity (Wildman–Crippen MR) is 113 cm³/mol. The highest BCUT2D eigenvalue weighted by molar-refractivity contribution is 7.16. The summed E-state index contributed by atoms with van der Waals surface area (Å²) in [5.74, 6) is 0.583. The molecular formula is C20H18Cl2N2O2S. The maximum Gasteiger partial charge on any atom is 0.228 e. The van der Waals surface area contributed by atoms with Crippen LogP contribution in [0.4, 0.5) is 11.4 Å². The second kappa shape index (κ2) is 9.13. The van der Waals surface area contributed by atoms with E-state index in [9.17, 15) is 4.79 Å². The fourth-order valence-electron chi connectivity index (χ4n) is 2.52. The average molecular weight is 421 g/mol. The van der Waals surface area contributed by atoms with Crippen molar-refractivity contribution in [2.75, 3.05) is 17.7 Å². The molecule has 1 amide bonds. The average Bonchev–Trinajstić information content (AvgIpc) is 3.07. The van der Waals surface area contributed by atoms with Gasteiger partial charge in [-0.2, -0.15) is 0 Å². The van der Waals surface area contributed by atoms with Crippen LogP contribution in [0, 0.1) is 0 Å². The molecule has 2 aromatic carbocycles. The van der Waals surface area contributed by atoms with Crippen molar-refractivity contribution in [3.05, 3.63) is 74.4 Å². The van der Waals surface area contributed by atoms with Crippen LogP contribution in [0.3, 0.4) is 0 Å². The molecule has 3 rings (SSSR count). The molecule has 1 heterocycles. The van der Waals surface area contributed by atoms with Crippen molar-refractivity contribution in [1.29, 1.82) is 0 Å². The Morgan fingerprint density at radius 2 is 1.96 bits per heavy atom. The summed E-state index contributed by atoms with van der Waals surface area (Å²) in [4.78, 5) is 13.4. The summed E-state index contributed by atoms with van der Waals surface area (Å²) < 4.78 is 5.94. The Hall–Kier alpha value is -2.21. The number of anilines is 2. The molecule has 27 heavy (non-hydrogen) atoms. The van der Waals surface area contributed by atoms with Gasteiger partial charge in [-0.1, -0.05) is 35.3 Å². The van der Waals surface area contributed by atoms with E-state index in [-0.39, 0.29) is 12.3 Å². The minimum absolute atomic E-state index is 0.140. The number of hydrogen-bond donors (Lipinski definition) is 2. The molecule has 2 N–H and O–H groups in total. The maximum atomic E-state index is 12.3. The zero-order valence-corrected chi connectivity index (χ0v) is 16.9. The van der Waals surface area contributed by atoms with Gasteiger partial charge in [0.25, 0.3) is 0 Å². The van der Waals surface area contributed by atoms with E-state index >= 15 is 0 Å². The van der Waals surface area contributed by atoms with Gasteiger partial charge in [0.15, 0.2) is 0 Å². The summed E-state index contributed by atoms with van der Waals surface area (Å²) in [5, 5.41) is 6.61. The molecule has 0 radical (unpaired) electrons. The van der Waals surface area contributed by atoms with Gasteiger partial charge in [0.2, 0.25) is 5.91 Å². The fraction of sp³-hybridized carbons (Fsp3) is 0.150. The van der Waals surface area contributed by atoms with Crippen molar-refractivity contribution in [3.63, 3.8) is 0 Å². The SMILES string of the molecule is COc1cccc(CC(=O)Nc2ccc(NCc3ccc(Cl)s3)cc2Cl)c1. The third kappa shape index (κ3) is 5.63. The number of benzene rings is 2. The lowest BCUT2D eigenvalue weighted by atomic mass is 10.1. The molecule has 0 unspecified atom stereocenters. The number of carbonyl (C=O) groups excluding carboxylic acids is 1. The van der Waals surface area contributed by atoms with Crippen LogP contribution in [-0.2, 0) is 17.8 Å². The first-order valence-corrected chi connectivity index (χ1v) is 9.81. The second-order valence-electron chi connectivity index (χ2n) is 5.83. The van der Waals surface area contributed by atoms with Crippen molar-refractivity contribution in [2.45, 2.75) is 13.0 Å². The van der Waals surface area contributed by atoms with Crippen molar-refractivity contribution < 1.29 is 9.53 Å². The van der Waals surface area contributed by atoms with Crippen LogP contribution in [-0.4, -0.2) is 13.0 Å². The quantitative estimate of drug-likeness (QED) is 0.503. The molecule has 0 atom stereocenters. The van der Waals surface area contributed by atoms with Gasteiger partial charge in [0, 0.05) is 17.1 Å². The van der Waals surface area contributed by atoms with Gasteiger partial charge in [-0.3, -0.25) is 4.79 Å². The van der Waals surface area contributed by atoms with Crippen LogP contribution < -0.4 is 15.4 Å². The Morgan fingerprint density at radius 1 is 1.11 bits per heavy atom. The monoisotopic (exact) mass is 420 g/mol. The summed E-state index contributed by atoms with van der Waals surface area (Å²) in [6, 6.07) is 16.7. The lowest BCUT2D eigenvalue weighted by Gasteiger charge is -2.11. The summed E-state index contributed by atoms with van der Waals surface area (Å²) in [6.07, 6.45) is 0.243. The zero-order valence-electron chi connectivity index (χ0n) is 14.6. The molecular weight excluding hydrogens is 403 g/mol. The molecule has 3 aromatic rings. The number of methoxy groups -OCH3 is 1. The maximum absolute atomic E-state index is 12.3. The third-order valence-corrected chi connectivity index (χ3v) is 5.38. The highest BCUT2D eigenvalue weighted by Crippen LogP contribution is 2.27. The molecule has 0 bridgehead atoms. The van der Waals surface area contributed by atoms with E-state index in [0.29, 0.717) is 17.3 Å². The molecule has 1 aromatic heterocycles. The standard InChI is InChI=1S/C20H18Cl2N2O2S/c1-26-15-4-2-3-13(9-15)10-20(25)24-18-7-5-14(11-17(18)21)23-12-16-6-8-19(22)27-16/h2-9,11,23H,10,12H2,1H3,(H,24,25). The summed E-state index contributed by atoms with van der Waals surface area (Å²) in [6.45, 7) is 0.662. The first-order valence-electron chi connectivity index (χ1n) is 8.24. The summed E-state index contributed by atoms with van der Waals surface area (Å²) in [5.41, 5.74) is 2.32. The predicted octanol–water partition coefficient (Wildman–Crippen LogP) is 5.86. The Labute approximate surface area is 172 Å². The van der Waals surface area contributed by atoms with Gasteiger partial charge >= 0.3 is 0 Å². The molecule has 7 heteroatoms. The van der Waals surface area contributed by atoms with Crippen LogP contribution in [0.1, 0.15) is 10.4 Å². The zero-order chi connectivity index (χ0) is 19.2. The number of rotatable bonds is 7. The fourth-order valence-corrected chi connectivity index (χ4v) is 3.78. The van der Waals surface area contributed by atoms with Crippen LogP contribution in [0.25, 0.3) is 0 Å². The lowest BCUT2D eigenvalue weighted by molar-refractivity contribution is -0.115. The van der Waals surface area contributed by atoms with E-state index in [1.165, 1.54) is 11.3 Å². The van der Waals surface area contributed by atoms with Gasteiger partial charge < -0.3 is 15.4 Å². The van der Waals surface area contributed by atoms with Crippen molar-refractivity contribution >= 4 is 51.8 Å². The first-order chi connectivity index (χ1) is 13.0. The summed E-state index contributed by atoms with van der Waals surface area (Å²) in [7, 11) is 1.60. The van der Waals surface area contributed by atoms with Crippen LogP contribution in [0.15, 0.2) is 54.6 Å². The van der Waals surface area contributed by atoms with Crippen LogP contribution in [0.2, 0.25) is 9.36 Å². The number of carbonyl (C=O) groups is 1. The van der Waals surface area contributed by atoms with Crippen molar-refractivity contribution in [3.8, 4) is 5.75 Å². The van der Waals surface area contributed by atoms with Gasteiger partial charge in [-0.25, -0.2) is 0 Å². The van der Waals surface area contributed by atoms with Crippen LogP contribution >= 0.6 is 34.5 Å². The minimum atomic E-state index is -0.140. The molecule has 140 valence electrons. The highest BCUT2D eigenvalue weighted by atomic mass is 35.5. The van der Waals surface area contributed by atoms with Crippen molar-refractivity contribution in [2.24, 2.45) is 0 Å². The van der Waals surface area contributed by atoms with E-state index in [2.05, 4.69) is 10.6 Å². The Kier molecular flexibility index (Phi) is 6.61. The number of hydrogen-bond acceptors (Lipinski definition) is 4. The number of halogens is 2. The van der Waals surface area contributed by atoms with E-state index < -0.39 is 0 Å². The number of thiophene rings is 1. The lowest BCUT2D eigenvalue weighted by Crippen LogP contribution is -2.14. The first kappa shape index (κ1) is 19.5. The Morgan fingerprint density at radius 3 is 2.67 bits per heavy atom.